The molecule has 2 heteroatoms. The zero-order valence-electron chi connectivity index (χ0n) is 13.5. The van der Waals surface area contributed by atoms with E-state index in [2.05, 4.69) is 4.98 Å². The van der Waals surface area contributed by atoms with Crippen molar-refractivity contribution in [2.45, 2.75) is 25.4 Å². The number of hydrogen-bond acceptors (Lipinski definition) is 2. The Morgan fingerprint density at radius 2 is 1.52 bits per heavy atom. The van der Waals surface area contributed by atoms with Gasteiger partial charge in [0.2, 0.25) is 0 Å². The van der Waals surface area contributed by atoms with Crippen molar-refractivity contribution < 1.29 is 5.11 Å². The standard InChI is InChI=1S/C21H21NO/c1-16-11-13-18(14-12-16)21(2,23)20(17-8-4-3-5-9-17)19-10-6-7-15-22-19/h3-15,20,23H,1-2H3. The number of hydrogen-bond donors (Lipinski definition) is 1. The Labute approximate surface area is 137 Å². The van der Waals surface area contributed by atoms with E-state index in [0.717, 1.165) is 16.8 Å². The fourth-order valence-electron chi connectivity index (χ4n) is 3.03. The largest absolute Gasteiger partial charge is 0.384 e. The number of benzene rings is 2. The normalized spacial score (nSPS) is 14.9. The number of pyridine rings is 1. The van der Waals surface area contributed by atoms with Crippen LogP contribution in [0.1, 0.15) is 35.2 Å². The van der Waals surface area contributed by atoms with Crippen molar-refractivity contribution in [3.05, 3.63) is 101 Å². The van der Waals surface area contributed by atoms with Crippen LogP contribution in [0.15, 0.2) is 79.0 Å². The molecule has 1 aromatic heterocycles. The van der Waals surface area contributed by atoms with Crippen molar-refractivity contribution in [1.82, 2.24) is 4.98 Å². The molecule has 1 N–H and O–H groups in total. The summed E-state index contributed by atoms with van der Waals surface area (Å²) in [6, 6.07) is 23.9. The number of nitrogens with zero attached hydrogens (tertiary/aromatic N) is 1. The van der Waals surface area contributed by atoms with Crippen LogP contribution in [0.2, 0.25) is 0 Å². The number of aromatic nitrogens is 1. The van der Waals surface area contributed by atoms with Crippen molar-refractivity contribution in [2.75, 3.05) is 0 Å². The van der Waals surface area contributed by atoms with Gasteiger partial charge in [-0.1, -0.05) is 66.2 Å². The van der Waals surface area contributed by atoms with Crippen molar-refractivity contribution in [2.24, 2.45) is 0 Å². The number of aryl methyl sites for hydroxylation is 1. The van der Waals surface area contributed by atoms with E-state index >= 15 is 0 Å². The lowest BCUT2D eigenvalue weighted by Gasteiger charge is -2.33. The molecule has 0 amide bonds. The second-order valence-corrected chi connectivity index (χ2v) is 6.11. The molecule has 116 valence electrons. The molecule has 3 aromatic rings. The molecule has 2 aromatic carbocycles. The minimum Gasteiger partial charge on any atom is -0.384 e. The first-order valence-electron chi connectivity index (χ1n) is 7.84. The first-order valence-corrected chi connectivity index (χ1v) is 7.84. The van der Waals surface area contributed by atoms with Gasteiger partial charge in [-0.3, -0.25) is 4.98 Å². The Bertz CT molecular complexity index is 709. The zero-order valence-corrected chi connectivity index (χ0v) is 13.5. The topological polar surface area (TPSA) is 33.1 Å². The van der Waals surface area contributed by atoms with Gasteiger partial charge in [0.15, 0.2) is 0 Å². The summed E-state index contributed by atoms with van der Waals surface area (Å²) >= 11 is 0. The molecule has 0 bridgehead atoms. The molecule has 0 radical (unpaired) electrons. The maximum absolute atomic E-state index is 11.4. The molecule has 2 atom stereocenters. The molecule has 3 rings (SSSR count). The molecule has 2 unspecified atom stereocenters. The van der Waals surface area contributed by atoms with Crippen LogP contribution >= 0.6 is 0 Å². The maximum Gasteiger partial charge on any atom is 0.0992 e. The second kappa shape index (κ2) is 6.35. The molecule has 0 fully saturated rings. The van der Waals surface area contributed by atoms with Crippen LogP contribution in [0, 0.1) is 6.92 Å². The molecule has 0 aliphatic carbocycles. The predicted molar refractivity (Wildman–Crippen MR) is 93.3 cm³/mol. The van der Waals surface area contributed by atoms with Gasteiger partial charge in [-0.05, 0) is 37.1 Å². The second-order valence-electron chi connectivity index (χ2n) is 6.11. The van der Waals surface area contributed by atoms with E-state index in [0.29, 0.717) is 0 Å². The number of aliphatic hydroxyl groups is 1. The quantitative estimate of drug-likeness (QED) is 0.773. The Hall–Kier alpha value is -2.45. The molecular weight excluding hydrogens is 282 g/mol. The Balaban J connectivity index is 2.13. The van der Waals surface area contributed by atoms with E-state index < -0.39 is 5.60 Å². The van der Waals surface area contributed by atoms with Gasteiger partial charge in [-0.15, -0.1) is 0 Å². The van der Waals surface area contributed by atoms with Crippen LogP contribution in [-0.4, -0.2) is 10.1 Å². The van der Waals surface area contributed by atoms with Crippen LogP contribution < -0.4 is 0 Å². The van der Waals surface area contributed by atoms with Gasteiger partial charge in [0.1, 0.15) is 0 Å². The van der Waals surface area contributed by atoms with Crippen LogP contribution in [0.25, 0.3) is 0 Å². The molecule has 23 heavy (non-hydrogen) atoms. The molecule has 1 heterocycles. The van der Waals surface area contributed by atoms with E-state index in [1.54, 1.807) is 6.20 Å². The summed E-state index contributed by atoms with van der Waals surface area (Å²) in [5, 5.41) is 11.4. The van der Waals surface area contributed by atoms with Gasteiger partial charge < -0.3 is 5.11 Å². The van der Waals surface area contributed by atoms with E-state index in [9.17, 15) is 5.11 Å². The fraction of sp³-hybridized carbons (Fsp3) is 0.190. The lowest BCUT2D eigenvalue weighted by Crippen LogP contribution is -2.31. The SMILES string of the molecule is Cc1ccc(C(C)(O)C(c2ccccc2)c2ccccn2)cc1. The molecule has 2 nitrogen and oxygen atoms in total. The van der Waals surface area contributed by atoms with Gasteiger partial charge in [-0.2, -0.15) is 0 Å². The lowest BCUT2D eigenvalue weighted by atomic mass is 9.76. The van der Waals surface area contributed by atoms with E-state index in [1.165, 1.54) is 5.56 Å². The van der Waals surface area contributed by atoms with Crippen molar-refractivity contribution in [3.63, 3.8) is 0 Å². The lowest BCUT2D eigenvalue weighted by molar-refractivity contribution is 0.0380. The molecular formula is C21H21NO. The predicted octanol–water partition coefficient (Wildman–Crippen LogP) is 4.43. The van der Waals surface area contributed by atoms with E-state index in [-0.39, 0.29) is 5.92 Å². The smallest absolute Gasteiger partial charge is 0.0992 e. The highest BCUT2D eigenvalue weighted by atomic mass is 16.3. The van der Waals surface area contributed by atoms with Crippen LogP contribution in [-0.2, 0) is 5.60 Å². The summed E-state index contributed by atoms with van der Waals surface area (Å²) in [5.41, 5.74) is 2.94. The summed E-state index contributed by atoms with van der Waals surface area (Å²) in [4.78, 5) is 4.50. The van der Waals surface area contributed by atoms with Gasteiger partial charge in [0.25, 0.3) is 0 Å². The average molecular weight is 303 g/mol. The zero-order chi connectivity index (χ0) is 16.3. The van der Waals surface area contributed by atoms with Crippen molar-refractivity contribution in [1.29, 1.82) is 0 Å². The molecule has 0 saturated carbocycles. The molecule has 0 spiro atoms. The third kappa shape index (κ3) is 3.17. The van der Waals surface area contributed by atoms with Crippen LogP contribution in [0.4, 0.5) is 0 Å². The summed E-state index contributed by atoms with van der Waals surface area (Å²) in [6.07, 6.45) is 1.77. The summed E-state index contributed by atoms with van der Waals surface area (Å²) < 4.78 is 0. The van der Waals surface area contributed by atoms with Crippen molar-refractivity contribution >= 4 is 0 Å². The fourth-order valence-corrected chi connectivity index (χ4v) is 3.03. The number of rotatable bonds is 4. The minimum absolute atomic E-state index is 0.229. The molecule has 0 aliphatic heterocycles. The molecule has 0 aliphatic rings. The Kier molecular flexibility index (Phi) is 4.26. The Morgan fingerprint density at radius 3 is 2.13 bits per heavy atom. The Morgan fingerprint density at radius 1 is 0.870 bits per heavy atom. The summed E-state index contributed by atoms with van der Waals surface area (Å²) in [5.74, 6) is -0.229. The minimum atomic E-state index is -1.05. The van der Waals surface area contributed by atoms with Gasteiger partial charge in [-0.25, -0.2) is 0 Å². The summed E-state index contributed by atoms with van der Waals surface area (Å²) in [6.45, 7) is 3.91. The van der Waals surface area contributed by atoms with Crippen LogP contribution in [0.3, 0.4) is 0 Å². The highest BCUT2D eigenvalue weighted by Gasteiger charge is 2.36. The average Bonchev–Trinajstić information content (AvgIpc) is 2.57. The van der Waals surface area contributed by atoms with E-state index in [4.69, 9.17) is 0 Å². The van der Waals surface area contributed by atoms with Gasteiger partial charge in [0, 0.05) is 6.20 Å². The van der Waals surface area contributed by atoms with Crippen molar-refractivity contribution in [3.8, 4) is 0 Å². The summed E-state index contributed by atoms with van der Waals surface area (Å²) in [7, 11) is 0. The molecule has 0 saturated heterocycles. The monoisotopic (exact) mass is 303 g/mol. The highest BCUT2D eigenvalue weighted by Crippen LogP contribution is 2.40. The highest BCUT2D eigenvalue weighted by molar-refractivity contribution is 5.38. The van der Waals surface area contributed by atoms with Gasteiger partial charge >= 0.3 is 0 Å². The first kappa shape index (κ1) is 15.4. The van der Waals surface area contributed by atoms with Crippen LogP contribution in [0.5, 0.6) is 0 Å². The maximum atomic E-state index is 11.4. The van der Waals surface area contributed by atoms with E-state index in [1.807, 2.05) is 86.6 Å². The third-order valence-corrected chi connectivity index (χ3v) is 4.31. The first-order chi connectivity index (χ1) is 11.1. The third-order valence-electron chi connectivity index (χ3n) is 4.31. The van der Waals surface area contributed by atoms with Gasteiger partial charge in [0.05, 0.1) is 17.2 Å².